The third-order valence-electron chi connectivity index (χ3n) is 5.73. The van der Waals surface area contributed by atoms with Crippen LogP contribution in [0.5, 0.6) is 0 Å². The molecule has 0 spiro atoms. The van der Waals surface area contributed by atoms with Crippen LogP contribution in [0.2, 0.25) is 0 Å². The van der Waals surface area contributed by atoms with Gasteiger partial charge in [-0.1, -0.05) is 25.0 Å². The Hall–Kier alpha value is -2.44. The predicted octanol–water partition coefficient (Wildman–Crippen LogP) is 1.83. The van der Waals surface area contributed by atoms with Crippen LogP contribution in [0.3, 0.4) is 0 Å². The van der Waals surface area contributed by atoms with Gasteiger partial charge in [0.05, 0.1) is 5.41 Å². The maximum Gasteiger partial charge on any atom is 0.312 e. The summed E-state index contributed by atoms with van der Waals surface area (Å²) in [6.07, 6.45) is 3.45. The topological polar surface area (TPSA) is 69.7 Å². The van der Waals surface area contributed by atoms with Gasteiger partial charge in [0.2, 0.25) is 5.91 Å². The molecule has 0 bridgehead atoms. The van der Waals surface area contributed by atoms with E-state index in [4.69, 9.17) is 0 Å². The highest BCUT2D eigenvalue weighted by atomic mass is 19.1. The quantitative estimate of drug-likeness (QED) is 0.802. The number of carbonyl (C=O) groups excluding carboxylic acids is 3. The smallest absolute Gasteiger partial charge is 0.312 e. The summed E-state index contributed by atoms with van der Waals surface area (Å²) < 4.78 is 13.4. The second-order valence-corrected chi connectivity index (χ2v) is 8.01. The van der Waals surface area contributed by atoms with Gasteiger partial charge in [-0.3, -0.25) is 14.4 Å². The molecule has 1 aliphatic carbocycles. The molecule has 0 aromatic heterocycles. The summed E-state index contributed by atoms with van der Waals surface area (Å²) in [5.74, 6) is -1.41. The lowest BCUT2D eigenvalue weighted by molar-refractivity contribution is -0.149. The Bertz CT molecular complexity index is 734. The number of nitrogens with one attached hydrogen (secondary N) is 1. The van der Waals surface area contributed by atoms with E-state index in [-0.39, 0.29) is 17.8 Å². The molecule has 0 unspecified atom stereocenters. The van der Waals surface area contributed by atoms with Crippen LogP contribution >= 0.6 is 0 Å². The molecule has 3 rings (SSSR count). The molecule has 1 aromatic rings. The SMILES string of the molecule is CC(C)NC(=O)C(=O)N1CCN(C(=O)C2(c3ccc(F)cc3)CCCC2)CC1. The van der Waals surface area contributed by atoms with E-state index in [1.807, 2.05) is 0 Å². The third-order valence-corrected chi connectivity index (χ3v) is 5.73. The fourth-order valence-electron chi connectivity index (χ4n) is 4.26. The number of piperazine rings is 1. The number of rotatable bonds is 3. The third kappa shape index (κ3) is 4.03. The van der Waals surface area contributed by atoms with Crippen LogP contribution in [0.1, 0.15) is 45.1 Å². The molecular formula is C21H28FN3O3. The zero-order valence-corrected chi connectivity index (χ0v) is 16.5. The van der Waals surface area contributed by atoms with Crippen molar-refractivity contribution in [1.29, 1.82) is 0 Å². The summed E-state index contributed by atoms with van der Waals surface area (Å²) in [6, 6.07) is 6.15. The molecule has 3 amide bonds. The van der Waals surface area contributed by atoms with E-state index in [0.717, 1.165) is 31.2 Å². The number of hydrogen-bond acceptors (Lipinski definition) is 3. The second-order valence-electron chi connectivity index (χ2n) is 8.01. The standard InChI is InChI=1S/C21H28FN3O3/c1-15(2)23-18(26)19(27)24-11-13-25(14-12-24)20(28)21(9-3-4-10-21)16-5-7-17(22)8-6-16/h5-8,15H,3-4,9-14H2,1-2H3,(H,23,26). The molecule has 0 radical (unpaired) electrons. The zero-order valence-electron chi connectivity index (χ0n) is 16.5. The first-order valence-electron chi connectivity index (χ1n) is 9.99. The van der Waals surface area contributed by atoms with Crippen molar-refractivity contribution in [2.75, 3.05) is 26.2 Å². The van der Waals surface area contributed by atoms with Gasteiger partial charge >= 0.3 is 11.8 Å². The van der Waals surface area contributed by atoms with Crippen molar-refractivity contribution >= 4 is 17.7 Å². The van der Waals surface area contributed by atoms with Gasteiger partial charge in [0.25, 0.3) is 0 Å². The van der Waals surface area contributed by atoms with Crippen molar-refractivity contribution in [3.63, 3.8) is 0 Å². The van der Waals surface area contributed by atoms with Crippen LogP contribution in [0.15, 0.2) is 24.3 Å². The van der Waals surface area contributed by atoms with Crippen LogP contribution in [0.4, 0.5) is 4.39 Å². The summed E-state index contributed by atoms with van der Waals surface area (Å²) in [7, 11) is 0. The highest BCUT2D eigenvalue weighted by molar-refractivity contribution is 6.35. The van der Waals surface area contributed by atoms with Gasteiger partial charge in [0.15, 0.2) is 0 Å². The summed E-state index contributed by atoms with van der Waals surface area (Å²) in [5, 5.41) is 2.61. The van der Waals surface area contributed by atoms with Crippen LogP contribution in [-0.4, -0.2) is 59.7 Å². The molecule has 1 aromatic carbocycles. The number of carbonyl (C=O) groups is 3. The first kappa shape index (κ1) is 20.3. The van der Waals surface area contributed by atoms with E-state index in [9.17, 15) is 18.8 Å². The molecule has 1 heterocycles. The first-order chi connectivity index (χ1) is 13.3. The maximum absolute atomic E-state index is 13.4. The molecule has 1 saturated heterocycles. The Morgan fingerprint density at radius 2 is 1.50 bits per heavy atom. The lowest BCUT2D eigenvalue weighted by Gasteiger charge is -2.40. The lowest BCUT2D eigenvalue weighted by Crippen LogP contribution is -2.57. The number of benzene rings is 1. The van der Waals surface area contributed by atoms with Gasteiger partial charge in [0, 0.05) is 32.2 Å². The molecule has 1 N–H and O–H groups in total. The highest BCUT2D eigenvalue weighted by Crippen LogP contribution is 2.42. The predicted molar refractivity (Wildman–Crippen MR) is 103 cm³/mol. The Morgan fingerprint density at radius 3 is 2.04 bits per heavy atom. The number of hydrogen-bond donors (Lipinski definition) is 1. The number of amides is 3. The Labute approximate surface area is 165 Å². The minimum atomic E-state index is -0.603. The fourth-order valence-corrected chi connectivity index (χ4v) is 4.26. The van der Waals surface area contributed by atoms with Crippen molar-refractivity contribution in [1.82, 2.24) is 15.1 Å². The molecule has 28 heavy (non-hydrogen) atoms. The second kappa shape index (κ2) is 8.29. The molecule has 6 nitrogen and oxygen atoms in total. The minimum absolute atomic E-state index is 0.0512. The zero-order chi connectivity index (χ0) is 20.3. The first-order valence-corrected chi connectivity index (χ1v) is 9.99. The van der Waals surface area contributed by atoms with Crippen LogP contribution < -0.4 is 5.32 Å². The highest BCUT2D eigenvalue weighted by Gasteiger charge is 2.45. The monoisotopic (exact) mass is 389 g/mol. The molecular weight excluding hydrogens is 361 g/mol. The van der Waals surface area contributed by atoms with Gasteiger partial charge in [-0.2, -0.15) is 0 Å². The van der Waals surface area contributed by atoms with E-state index in [1.54, 1.807) is 30.9 Å². The minimum Gasteiger partial charge on any atom is -0.346 e. The van der Waals surface area contributed by atoms with Crippen molar-refractivity contribution in [3.8, 4) is 0 Å². The number of nitrogens with zero attached hydrogens (tertiary/aromatic N) is 2. The largest absolute Gasteiger partial charge is 0.346 e. The summed E-state index contributed by atoms with van der Waals surface area (Å²) in [4.78, 5) is 40.9. The maximum atomic E-state index is 13.4. The molecule has 2 fully saturated rings. The summed E-state index contributed by atoms with van der Waals surface area (Å²) >= 11 is 0. The Balaban J connectivity index is 1.67. The normalized spacial score (nSPS) is 19.0. The molecule has 0 atom stereocenters. The fraction of sp³-hybridized carbons (Fsp3) is 0.571. The van der Waals surface area contributed by atoms with Crippen LogP contribution in [0, 0.1) is 5.82 Å². The van der Waals surface area contributed by atoms with Gasteiger partial charge in [-0.05, 0) is 44.4 Å². The molecule has 1 aliphatic heterocycles. The molecule has 2 aliphatic rings. The Morgan fingerprint density at radius 1 is 0.964 bits per heavy atom. The van der Waals surface area contributed by atoms with E-state index in [2.05, 4.69) is 5.32 Å². The van der Waals surface area contributed by atoms with E-state index in [1.165, 1.54) is 17.0 Å². The summed E-state index contributed by atoms with van der Waals surface area (Å²) in [6.45, 7) is 5.10. The lowest BCUT2D eigenvalue weighted by atomic mass is 9.77. The summed E-state index contributed by atoms with van der Waals surface area (Å²) in [5.41, 5.74) is 0.265. The van der Waals surface area contributed by atoms with Gasteiger partial charge in [-0.25, -0.2) is 4.39 Å². The molecule has 7 heteroatoms. The van der Waals surface area contributed by atoms with Gasteiger partial charge in [0.1, 0.15) is 5.82 Å². The van der Waals surface area contributed by atoms with E-state index < -0.39 is 17.2 Å². The average molecular weight is 389 g/mol. The van der Waals surface area contributed by atoms with Gasteiger partial charge < -0.3 is 15.1 Å². The van der Waals surface area contributed by atoms with Crippen molar-refractivity contribution in [3.05, 3.63) is 35.6 Å². The molecule has 1 saturated carbocycles. The Kier molecular flexibility index (Phi) is 6.01. The van der Waals surface area contributed by atoms with Gasteiger partial charge in [-0.15, -0.1) is 0 Å². The van der Waals surface area contributed by atoms with Crippen LogP contribution in [-0.2, 0) is 19.8 Å². The van der Waals surface area contributed by atoms with Crippen LogP contribution in [0.25, 0.3) is 0 Å². The number of halogens is 1. The van der Waals surface area contributed by atoms with E-state index in [0.29, 0.717) is 26.2 Å². The van der Waals surface area contributed by atoms with Crippen molar-refractivity contribution in [2.45, 2.75) is 51.0 Å². The van der Waals surface area contributed by atoms with E-state index >= 15 is 0 Å². The average Bonchev–Trinajstić information content (AvgIpc) is 3.18. The van der Waals surface area contributed by atoms with Crippen molar-refractivity contribution < 1.29 is 18.8 Å². The molecule has 152 valence electrons. The van der Waals surface area contributed by atoms with Crippen molar-refractivity contribution in [2.24, 2.45) is 0 Å².